The zero-order valence-electron chi connectivity index (χ0n) is 16.5. The fourth-order valence-electron chi connectivity index (χ4n) is 3.93. The van der Waals surface area contributed by atoms with Gasteiger partial charge in [0.05, 0.1) is 0 Å². The molecule has 4 aromatic rings. The highest BCUT2D eigenvalue weighted by atomic mass is 35.5. The van der Waals surface area contributed by atoms with Crippen LogP contribution in [0.4, 0.5) is 3.89 Å². The van der Waals surface area contributed by atoms with Gasteiger partial charge in [-0.25, -0.2) is 0 Å². The molecule has 6 heteroatoms. The molecule has 0 heterocycles. The molecule has 0 aliphatic carbocycles. The molecule has 0 radical (unpaired) electrons. The van der Waals surface area contributed by atoms with Gasteiger partial charge in [0.25, 0.3) is 0 Å². The van der Waals surface area contributed by atoms with Gasteiger partial charge in [-0.15, -0.1) is 3.89 Å². The van der Waals surface area contributed by atoms with Crippen LogP contribution in [-0.4, -0.2) is 8.42 Å². The molecule has 0 bridgehead atoms. The molecule has 31 heavy (non-hydrogen) atoms. The first-order valence-corrected chi connectivity index (χ1v) is 13.4. The standard InChI is InChI=1S/C25H20ClFO2PS/c26-24-17-10-18-25(31(27,28)29)23(24)19-30(20-11-4-1-5-12-20,21-13-6-2-7-14-21)22-15-8-3-9-16-22/h1-18H,19H2/q+1. The Morgan fingerprint density at radius 2 is 1.06 bits per heavy atom. The maximum atomic E-state index is 14.3. The minimum atomic E-state index is -4.94. The Bertz CT molecular complexity index is 1180. The van der Waals surface area contributed by atoms with E-state index in [-0.39, 0.29) is 16.1 Å². The predicted molar refractivity (Wildman–Crippen MR) is 129 cm³/mol. The Labute approximate surface area is 187 Å². The van der Waals surface area contributed by atoms with Crippen LogP contribution < -0.4 is 15.9 Å². The molecule has 0 saturated carbocycles. The Morgan fingerprint density at radius 1 is 0.645 bits per heavy atom. The van der Waals surface area contributed by atoms with Gasteiger partial charge < -0.3 is 0 Å². The molecular formula is C25H20ClFO2PS+. The molecule has 0 aromatic heterocycles. The lowest BCUT2D eigenvalue weighted by Gasteiger charge is -2.28. The van der Waals surface area contributed by atoms with E-state index in [4.69, 9.17) is 11.6 Å². The predicted octanol–water partition coefficient (Wildman–Crippen LogP) is 5.49. The first-order valence-electron chi connectivity index (χ1n) is 9.70. The highest BCUT2D eigenvalue weighted by molar-refractivity contribution is 7.95. The van der Waals surface area contributed by atoms with Crippen molar-refractivity contribution in [3.63, 3.8) is 0 Å². The average Bonchev–Trinajstić information content (AvgIpc) is 2.79. The highest BCUT2D eigenvalue weighted by Crippen LogP contribution is 2.59. The molecule has 0 aliphatic rings. The quantitative estimate of drug-likeness (QED) is 0.276. The topological polar surface area (TPSA) is 34.1 Å². The molecule has 156 valence electrons. The number of rotatable bonds is 6. The van der Waals surface area contributed by atoms with Crippen molar-refractivity contribution < 1.29 is 12.3 Å². The summed E-state index contributed by atoms with van der Waals surface area (Å²) < 4.78 is 38.2. The van der Waals surface area contributed by atoms with E-state index in [0.29, 0.717) is 5.56 Å². The Balaban J connectivity index is 2.08. The summed E-state index contributed by atoms with van der Waals surface area (Å²) >= 11 is 6.49. The Hall–Kier alpha value is -2.52. The van der Waals surface area contributed by atoms with Gasteiger partial charge in [-0.2, -0.15) is 8.42 Å². The summed E-state index contributed by atoms with van der Waals surface area (Å²) in [6.45, 7) is 0. The number of hydrogen-bond donors (Lipinski definition) is 0. The van der Waals surface area contributed by atoms with Gasteiger partial charge in [0.1, 0.15) is 34.2 Å². The second kappa shape index (κ2) is 8.92. The summed E-state index contributed by atoms with van der Waals surface area (Å²) in [4.78, 5) is -0.368. The zero-order valence-corrected chi connectivity index (χ0v) is 19.0. The number of hydrogen-bond acceptors (Lipinski definition) is 2. The normalized spacial score (nSPS) is 11.9. The molecule has 0 amide bonds. The summed E-state index contributed by atoms with van der Waals surface area (Å²) in [7, 11) is -7.36. The van der Waals surface area contributed by atoms with Gasteiger partial charge in [-0.1, -0.05) is 72.3 Å². The van der Waals surface area contributed by atoms with Crippen LogP contribution in [0.3, 0.4) is 0 Å². The fourth-order valence-corrected chi connectivity index (χ4v) is 9.44. The van der Waals surface area contributed by atoms with Crippen molar-refractivity contribution in [1.29, 1.82) is 0 Å². The minimum Gasteiger partial charge on any atom is -0.189 e. The number of benzene rings is 4. The van der Waals surface area contributed by atoms with Crippen LogP contribution in [0.1, 0.15) is 5.56 Å². The maximum absolute atomic E-state index is 14.3. The second-order valence-corrected chi connectivity index (χ2v) is 12.3. The SMILES string of the molecule is O=S(=O)(F)c1cccc(Cl)c1C[P+](c1ccccc1)(c1ccccc1)c1ccccc1. The third-order valence-electron chi connectivity index (χ3n) is 5.32. The summed E-state index contributed by atoms with van der Waals surface area (Å²) in [5.74, 6) is 0. The van der Waals surface area contributed by atoms with E-state index in [9.17, 15) is 12.3 Å². The van der Waals surface area contributed by atoms with Gasteiger partial charge in [0, 0.05) is 10.6 Å². The van der Waals surface area contributed by atoms with E-state index in [1.165, 1.54) is 12.1 Å². The lowest BCUT2D eigenvalue weighted by atomic mass is 10.2. The van der Waals surface area contributed by atoms with Crippen LogP contribution in [0.2, 0.25) is 5.02 Å². The van der Waals surface area contributed by atoms with Gasteiger partial charge in [-0.05, 0) is 48.5 Å². The molecule has 4 aromatic carbocycles. The van der Waals surface area contributed by atoms with Gasteiger partial charge in [-0.3, -0.25) is 0 Å². The van der Waals surface area contributed by atoms with Crippen LogP contribution in [-0.2, 0) is 16.4 Å². The zero-order chi connectivity index (χ0) is 21.9. The summed E-state index contributed by atoms with van der Waals surface area (Å²) in [5, 5.41) is 3.43. The molecule has 2 nitrogen and oxygen atoms in total. The van der Waals surface area contributed by atoms with E-state index in [0.717, 1.165) is 15.9 Å². The van der Waals surface area contributed by atoms with Crippen LogP contribution in [0.5, 0.6) is 0 Å². The smallest absolute Gasteiger partial charge is 0.189 e. The first kappa shape index (κ1) is 21.7. The summed E-state index contributed by atoms with van der Waals surface area (Å²) in [6.07, 6.45) is 0.281. The van der Waals surface area contributed by atoms with Gasteiger partial charge in [0.15, 0.2) is 0 Å². The van der Waals surface area contributed by atoms with E-state index in [1.807, 2.05) is 91.0 Å². The van der Waals surface area contributed by atoms with Crippen molar-refractivity contribution in [1.82, 2.24) is 0 Å². The van der Waals surface area contributed by atoms with Crippen molar-refractivity contribution in [2.45, 2.75) is 11.1 Å². The van der Waals surface area contributed by atoms with Crippen LogP contribution in [0.15, 0.2) is 114 Å². The molecular weight excluding hydrogens is 450 g/mol. The molecule has 0 N–H and O–H groups in total. The molecule has 0 spiro atoms. The second-order valence-electron chi connectivity index (χ2n) is 7.13. The minimum absolute atomic E-state index is 0.242. The number of halogens is 2. The molecule has 0 aliphatic heterocycles. The molecule has 0 fully saturated rings. The van der Waals surface area contributed by atoms with Crippen molar-refractivity contribution in [3.05, 3.63) is 120 Å². The van der Waals surface area contributed by atoms with Crippen LogP contribution in [0.25, 0.3) is 0 Å². The summed E-state index contributed by atoms with van der Waals surface area (Å²) in [5.41, 5.74) is 0.302. The van der Waals surface area contributed by atoms with E-state index >= 15 is 0 Å². The van der Waals surface area contributed by atoms with Crippen molar-refractivity contribution in [3.8, 4) is 0 Å². The van der Waals surface area contributed by atoms with E-state index in [1.54, 1.807) is 6.07 Å². The fraction of sp³-hybridized carbons (Fsp3) is 0.0400. The van der Waals surface area contributed by atoms with Crippen LogP contribution >= 0.6 is 18.9 Å². The first-order chi connectivity index (χ1) is 14.9. The Kier molecular flexibility index (Phi) is 6.24. The maximum Gasteiger partial charge on any atom is 0.332 e. The van der Waals surface area contributed by atoms with Crippen LogP contribution in [0, 0.1) is 0 Å². The third-order valence-corrected chi connectivity index (χ3v) is 10.9. The Morgan fingerprint density at radius 3 is 1.45 bits per heavy atom. The largest absolute Gasteiger partial charge is 0.332 e. The third kappa shape index (κ3) is 4.29. The van der Waals surface area contributed by atoms with Crippen molar-refractivity contribution in [2.75, 3.05) is 0 Å². The molecule has 0 saturated heterocycles. The summed E-state index contributed by atoms with van der Waals surface area (Å²) in [6, 6.07) is 34.3. The van der Waals surface area contributed by atoms with Crippen molar-refractivity contribution >= 4 is 45.0 Å². The lowest BCUT2D eigenvalue weighted by molar-refractivity contribution is 0.551. The van der Waals surface area contributed by atoms with Gasteiger partial charge in [0.2, 0.25) is 0 Å². The monoisotopic (exact) mass is 469 g/mol. The van der Waals surface area contributed by atoms with E-state index in [2.05, 4.69) is 0 Å². The lowest BCUT2D eigenvalue weighted by Crippen LogP contribution is -2.32. The average molecular weight is 470 g/mol. The molecule has 4 rings (SSSR count). The van der Waals surface area contributed by atoms with Gasteiger partial charge >= 0.3 is 10.2 Å². The molecule has 0 unspecified atom stereocenters. The van der Waals surface area contributed by atoms with E-state index < -0.39 is 17.5 Å². The van der Waals surface area contributed by atoms with Crippen molar-refractivity contribution in [2.24, 2.45) is 0 Å². The highest BCUT2D eigenvalue weighted by Gasteiger charge is 2.46. The molecule has 0 atom stereocenters.